The van der Waals surface area contributed by atoms with Gasteiger partial charge in [-0.1, -0.05) is 30.3 Å². The molecule has 0 bridgehead atoms. The largest absolute Gasteiger partial charge is 0.477 e. The van der Waals surface area contributed by atoms with Crippen molar-refractivity contribution in [2.24, 2.45) is 0 Å². The Morgan fingerprint density at radius 2 is 1.72 bits per heavy atom. The summed E-state index contributed by atoms with van der Waals surface area (Å²) in [6.07, 6.45) is 8.59. The molecule has 1 saturated heterocycles. The van der Waals surface area contributed by atoms with Crippen LogP contribution in [0.1, 0.15) is 55.7 Å². The van der Waals surface area contributed by atoms with Crippen LogP contribution >= 0.6 is 0 Å². The molecular weight excluding hydrogens is 410 g/mol. The van der Waals surface area contributed by atoms with E-state index >= 15 is 0 Å². The van der Waals surface area contributed by atoms with Gasteiger partial charge in [0.15, 0.2) is 0 Å². The number of nitrogens with zero attached hydrogens (tertiary/aromatic N) is 3. The lowest BCUT2D eigenvalue weighted by Gasteiger charge is -2.32. The van der Waals surface area contributed by atoms with Crippen LogP contribution in [0.5, 0.6) is 5.88 Å². The monoisotopic (exact) mass is 443 g/mol. The molecule has 0 atom stereocenters. The van der Waals surface area contributed by atoms with Gasteiger partial charge in [-0.3, -0.25) is 4.68 Å². The van der Waals surface area contributed by atoms with Crippen molar-refractivity contribution in [1.29, 1.82) is 0 Å². The van der Waals surface area contributed by atoms with Crippen molar-refractivity contribution >= 4 is 11.9 Å². The summed E-state index contributed by atoms with van der Waals surface area (Å²) in [5, 5.41) is 19.3. The van der Waals surface area contributed by atoms with Gasteiger partial charge < -0.3 is 19.8 Å². The minimum Gasteiger partial charge on any atom is -0.477 e. The second-order valence-corrected chi connectivity index (χ2v) is 8.35. The van der Waals surface area contributed by atoms with Gasteiger partial charge in [0.2, 0.25) is 5.88 Å². The molecule has 0 aliphatic carbocycles. The summed E-state index contributed by atoms with van der Waals surface area (Å²) in [5.74, 6) is -2.07. The van der Waals surface area contributed by atoms with E-state index in [9.17, 15) is 0 Å². The number of aryl methyl sites for hydroxylation is 2. The van der Waals surface area contributed by atoms with E-state index in [-0.39, 0.29) is 0 Å². The molecule has 4 rings (SSSR count). The van der Waals surface area contributed by atoms with Gasteiger partial charge in [-0.25, -0.2) is 9.59 Å². The van der Waals surface area contributed by atoms with E-state index in [0.29, 0.717) is 0 Å². The zero-order valence-corrected chi connectivity index (χ0v) is 18.5. The number of likely N-dealkylation sites (tertiary alicyclic amines) is 1. The van der Waals surface area contributed by atoms with Gasteiger partial charge in [0, 0.05) is 18.3 Å². The summed E-state index contributed by atoms with van der Waals surface area (Å²) in [6.45, 7) is 5.50. The molecule has 0 spiro atoms. The minimum absolute atomic E-state index is 0.753. The first kappa shape index (κ1) is 23.8. The lowest BCUT2D eigenvalue weighted by molar-refractivity contribution is -0.159. The molecule has 2 N–H and O–H groups in total. The highest BCUT2D eigenvalue weighted by Crippen LogP contribution is 2.27. The Labute approximate surface area is 188 Å². The molecule has 32 heavy (non-hydrogen) atoms. The van der Waals surface area contributed by atoms with Crippen LogP contribution in [0.4, 0.5) is 0 Å². The van der Waals surface area contributed by atoms with Gasteiger partial charge in [0.25, 0.3) is 0 Å². The SMILES string of the molecule is O=C(O)C(=O)O.c1ccc(C2CCN(CCCCOc3cc4n(n3)CCCC4)CC2)cc1. The highest BCUT2D eigenvalue weighted by molar-refractivity contribution is 6.27. The standard InChI is InChI=1S/C22H31N3O.C2H2O4/c1-2-8-19(9-3-1)20-11-15-24(16-12-20)13-6-7-17-26-22-18-21-10-4-5-14-25(21)23-22;3-1(4)2(5)6/h1-3,8-9,18,20H,4-7,10-17H2;(H,3,4)(H,5,6). The van der Waals surface area contributed by atoms with Gasteiger partial charge in [0.1, 0.15) is 0 Å². The Balaban J connectivity index is 0.000000427. The van der Waals surface area contributed by atoms with E-state index in [4.69, 9.17) is 24.5 Å². The number of unbranched alkanes of at least 4 members (excludes halogenated alkanes) is 1. The third-order valence-corrected chi connectivity index (χ3v) is 6.05. The van der Waals surface area contributed by atoms with Crippen molar-refractivity contribution in [3.05, 3.63) is 47.7 Å². The molecule has 1 aromatic carbocycles. The van der Waals surface area contributed by atoms with Crippen LogP contribution < -0.4 is 4.74 Å². The van der Waals surface area contributed by atoms with Gasteiger partial charge in [-0.15, -0.1) is 5.10 Å². The van der Waals surface area contributed by atoms with Gasteiger partial charge in [0.05, 0.1) is 6.61 Å². The average Bonchev–Trinajstić information content (AvgIpc) is 3.23. The van der Waals surface area contributed by atoms with Crippen molar-refractivity contribution < 1.29 is 24.5 Å². The molecule has 1 aromatic heterocycles. The van der Waals surface area contributed by atoms with Crippen LogP contribution in [-0.2, 0) is 22.6 Å². The highest BCUT2D eigenvalue weighted by Gasteiger charge is 2.20. The Morgan fingerprint density at radius 3 is 2.38 bits per heavy atom. The third-order valence-electron chi connectivity index (χ3n) is 6.05. The highest BCUT2D eigenvalue weighted by atomic mass is 16.5. The maximum absolute atomic E-state index is 9.10. The van der Waals surface area contributed by atoms with E-state index in [1.54, 1.807) is 0 Å². The number of carbonyl (C=O) groups is 2. The summed E-state index contributed by atoms with van der Waals surface area (Å²) in [5.41, 5.74) is 2.86. The Bertz CT molecular complexity index is 824. The predicted octanol–water partition coefficient (Wildman–Crippen LogP) is 3.41. The van der Waals surface area contributed by atoms with Gasteiger partial charge in [-0.2, -0.15) is 0 Å². The molecule has 0 radical (unpaired) electrons. The summed E-state index contributed by atoms with van der Waals surface area (Å²) >= 11 is 0. The molecule has 2 aliphatic rings. The third kappa shape index (κ3) is 7.37. The van der Waals surface area contributed by atoms with E-state index < -0.39 is 11.9 Å². The lowest BCUT2D eigenvalue weighted by Crippen LogP contribution is -2.33. The van der Waals surface area contributed by atoms with Crippen molar-refractivity contribution in [3.63, 3.8) is 0 Å². The average molecular weight is 444 g/mol. The number of piperidine rings is 1. The van der Waals surface area contributed by atoms with Crippen molar-refractivity contribution in [2.45, 2.75) is 57.4 Å². The number of rotatable bonds is 7. The first-order valence-corrected chi connectivity index (χ1v) is 11.5. The second-order valence-electron chi connectivity index (χ2n) is 8.35. The van der Waals surface area contributed by atoms with Gasteiger partial charge >= 0.3 is 11.9 Å². The fraction of sp³-hybridized carbons (Fsp3) is 0.542. The Kier molecular flexibility index (Phi) is 9.10. The number of carboxylic acids is 2. The molecule has 8 heteroatoms. The lowest BCUT2D eigenvalue weighted by atomic mass is 9.89. The number of aromatic nitrogens is 2. The van der Waals surface area contributed by atoms with Crippen LogP contribution in [0.3, 0.4) is 0 Å². The molecule has 1 fully saturated rings. The number of hydrogen-bond acceptors (Lipinski definition) is 5. The van der Waals surface area contributed by atoms with Crippen LogP contribution in [0.15, 0.2) is 36.4 Å². The fourth-order valence-electron chi connectivity index (χ4n) is 4.29. The maximum atomic E-state index is 9.10. The molecule has 2 aromatic rings. The quantitative estimate of drug-likeness (QED) is 0.499. The number of fused-ring (bicyclic) bond motifs is 1. The van der Waals surface area contributed by atoms with Crippen LogP contribution in [0.2, 0.25) is 0 Å². The van der Waals surface area contributed by atoms with E-state index in [2.05, 4.69) is 51.1 Å². The van der Waals surface area contributed by atoms with Gasteiger partial charge in [-0.05, 0) is 76.1 Å². The summed E-state index contributed by atoms with van der Waals surface area (Å²) in [4.78, 5) is 20.8. The van der Waals surface area contributed by atoms with E-state index in [1.807, 2.05) is 0 Å². The summed E-state index contributed by atoms with van der Waals surface area (Å²) in [6, 6.07) is 13.1. The summed E-state index contributed by atoms with van der Waals surface area (Å²) < 4.78 is 7.99. The van der Waals surface area contributed by atoms with Crippen molar-refractivity contribution in [3.8, 4) is 5.88 Å². The normalized spacial score (nSPS) is 16.5. The Hall–Kier alpha value is -2.87. The number of hydrogen-bond donors (Lipinski definition) is 2. The van der Waals surface area contributed by atoms with Crippen LogP contribution in [-0.4, -0.2) is 63.1 Å². The molecule has 0 unspecified atom stereocenters. The number of carboxylic acid groups (broad SMARTS) is 2. The molecule has 2 aliphatic heterocycles. The molecular formula is C24H33N3O5. The van der Waals surface area contributed by atoms with E-state index in [0.717, 1.165) is 37.8 Å². The molecule has 0 amide bonds. The topological polar surface area (TPSA) is 105 Å². The minimum atomic E-state index is -1.82. The fourth-order valence-corrected chi connectivity index (χ4v) is 4.29. The zero-order valence-electron chi connectivity index (χ0n) is 18.5. The summed E-state index contributed by atoms with van der Waals surface area (Å²) in [7, 11) is 0. The first-order chi connectivity index (χ1) is 15.5. The van der Waals surface area contributed by atoms with Crippen LogP contribution in [0, 0.1) is 0 Å². The second kappa shape index (κ2) is 12.2. The first-order valence-electron chi connectivity index (χ1n) is 11.5. The maximum Gasteiger partial charge on any atom is 0.414 e. The van der Waals surface area contributed by atoms with Crippen molar-refractivity contribution in [2.75, 3.05) is 26.2 Å². The molecule has 8 nitrogen and oxygen atoms in total. The zero-order chi connectivity index (χ0) is 22.8. The molecule has 3 heterocycles. The number of ether oxygens (including phenoxy) is 1. The Morgan fingerprint density at radius 1 is 1.00 bits per heavy atom. The number of aliphatic carboxylic acids is 2. The predicted molar refractivity (Wildman–Crippen MR) is 120 cm³/mol. The molecule has 174 valence electrons. The van der Waals surface area contributed by atoms with E-state index in [1.165, 1.54) is 63.0 Å². The number of benzene rings is 1. The molecule has 0 saturated carbocycles. The van der Waals surface area contributed by atoms with Crippen molar-refractivity contribution in [1.82, 2.24) is 14.7 Å². The smallest absolute Gasteiger partial charge is 0.414 e. The van der Waals surface area contributed by atoms with Crippen LogP contribution in [0.25, 0.3) is 0 Å².